The molecule has 0 bridgehead atoms. The highest BCUT2D eigenvalue weighted by atomic mass is 16.6. The van der Waals surface area contributed by atoms with Crippen molar-refractivity contribution in [3.8, 4) is 11.1 Å². The molecule has 0 aliphatic heterocycles. The SMILES string of the molecule is CCOC(=O)c1cccc(-c2cccc([N+](=O)[O-])c2)c1. The van der Waals surface area contributed by atoms with Crippen molar-refractivity contribution in [2.24, 2.45) is 0 Å². The van der Waals surface area contributed by atoms with E-state index in [4.69, 9.17) is 4.74 Å². The average Bonchev–Trinajstić information content (AvgIpc) is 2.48. The Labute approximate surface area is 116 Å². The van der Waals surface area contributed by atoms with Crippen molar-refractivity contribution in [2.75, 3.05) is 6.61 Å². The van der Waals surface area contributed by atoms with Gasteiger partial charge in [0.05, 0.1) is 17.1 Å². The van der Waals surface area contributed by atoms with E-state index >= 15 is 0 Å². The molecule has 0 amide bonds. The fourth-order valence-electron chi connectivity index (χ4n) is 1.84. The van der Waals surface area contributed by atoms with Crippen LogP contribution in [0.15, 0.2) is 48.5 Å². The molecule has 5 nitrogen and oxygen atoms in total. The maximum Gasteiger partial charge on any atom is 0.338 e. The number of nitro groups is 1. The zero-order valence-electron chi connectivity index (χ0n) is 10.9. The number of benzene rings is 2. The summed E-state index contributed by atoms with van der Waals surface area (Å²) in [4.78, 5) is 22.0. The lowest BCUT2D eigenvalue weighted by Crippen LogP contribution is -2.04. The second-order valence-electron chi connectivity index (χ2n) is 4.11. The average molecular weight is 271 g/mol. The van der Waals surface area contributed by atoms with Gasteiger partial charge in [-0.3, -0.25) is 10.1 Å². The lowest BCUT2D eigenvalue weighted by atomic mass is 10.0. The van der Waals surface area contributed by atoms with E-state index in [9.17, 15) is 14.9 Å². The summed E-state index contributed by atoms with van der Waals surface area (Å²) in [6, 6.07) is 13.1. The second-order valence-corrected chi connectivity index (χ2v) is 4.11. The summed E-state index contributed by atoms with van der Waals surface area (Å²) in [5, 5.41) is 10.8. The maximum atomic E-state index is 11.7. The topological polar surface area (TPSA) is 69.4 Å². The molecule has 5 heteroatoms. The Morgan fingerprint density at radius 2 is 1.80 bits per heavy atom. The Balaban J connectivity index is 2.38. The fraction of sp³-hybridized carbons (Fsp3) is 0.133. The van der Waals surface area contributed by atoms with Crippen LogP contribution >= 0.6 is 0 Å². The standard InChI is InChI=1S/C15H13NO4/c1-2-20-15(17)13-7-3-5-11(9-13)12-6-4-8-14(10-12)16(18)19/h3-10H,2H2,1H3. The van der Waals surface area contributed by atoms with Crippen molar-refractivity contribution in [2.45, 2.75) is 6.92 Å². The van der Waals surface area contributed by atoms with Crippen molar-refractivity contribution in [1.29, 1.82) is 0 Å². The van der Waals surface area contributed by atoms with Crippen LogP contribution in [0.5, 0.6) is 0 Å². The van der Waals surface area contributed by atoms with E-state index in [0.717, 1.165) is 5.56 Å². The van der Waals surface area contributed by atoms with Crippen LogP contribution < -0.4 is 0 Å². The number of non-ortho nitro benzene ring substituents is 1. The molecule has 102 valence electrons. The third-order valence-corrected chi connectivity index (χ3v) is 2.76. The highest BCUT2D eigenvalue weighted by Gasteiger charge is 2.10. The first-order valence-electron chi connectivity index (χ1n) is 6.14. The molecular weight excluding hydrogens is 258 g/mol. The summed E-state index contributed by atoms with van der Waals surface area (Å²) in [6.07, 6.45) is 0. The van der Waals surface area contributed by atoms with Crippen molar-refractivity contribution in [1.82, 2.24) is 0 Å². The number of hydrogen-bond donors (Lipinski definition) is 0. The van der Waals surface area contributed by atoms with Crippen molar-refractivity contribution in [3.63, 3.8) is 0 Å². The minimum atomic E-state index is -0.446. The van der Waals surface area contributed by atoms with E-state index in [1.54, 1.807) is 43.3 Å². The first kappa shape index (κ1) is 13.7. The van der Waals surface area contributed by atoms with Crippen LogP contribution in [0.3, 0.4) is 0 Å². The van der Waals surface area contributed by atoms with E-state index in [2.05, 4.69) is 0 Å². The van der Waals surface area contributed by atoms with Crippen LogP contribution in [0.4, 0.5) is 5.69 Å². The first-order valence-corrected chi connectivity index (χ1v) is 6.14. The highest BCUT2D eigenvalue weighted by molar-refractivity contribution is 5.91. The van der Waals surface area contributed by atoms with Gasteiger partial charge in [-0.1, -0.05) is 24.3 Å². The lowest BCUT2D eigenvalue weighted by Gasteiger charge is -2.05. The van der Waals surface area contributed by atoms with Gasteiger partial charge in [-0.15, -0.1) is 0 Å². The minimum Gasteiger partial charge on any atom is -0.462 e. The lowest BCUT2D eigenvalue weighted by molar-refractivity contribution is -0.384. The summed E-state index contributed by atoms with van der Waals surface area (Å²) in [7, 11) is 0. The normalized spacial score (nSPS) is 10.1. The predicted molar refractivity (Wildman–Crippen MR) is 74.5 cm³/mol. The number of carbonyl (C=O) groups is 1. The summed E-state index contributed by atoms with van der Waals surface area (Å²) in [5.41, 5.74) is 1.87. The smallest absolute Gasteiger partial charge is 0.338 e. The molecule has 0 aromatic heterocycles. The molecular formula is C15H13NO4. The summed E-state index contributed by atoms with van der Waals surface area (Å²) >= 11 is 0. The third-order valence-electron chi connectivity index (χ3n) is 2.76. The van der Waals surface area contributed by atoms with Crippen LogP contribution in [-0.4, -0.2) is 17.5 Å². The van der Waals surface area contributed by atoms with Gasteiger partial charge < -0.3 is 4.74 Å². The number of ether oxygens (including phenoxy) is 1. The molecule has 0 radical (unpaired) electrons. The van der Waals surface area contributed by atoms with E-state index in [1.165, 1.54) is 12.1 Å². The minimum absolute atomic E-state index is 0.0176. The van der Waals surface area contributed by atoms with E-state index in [0.29, 0.717) is 17.7 Å². The molecule has 0 aliphatic rings. The first-order chi connectivity index (χ1) is 9.61. The molecule has 0 saturated carbocycles. The molecule has 0 heterocycles. The van der Waals surface area contributed by atoms with Crippen molar-refractivity contribution < 1.29 is 14.5 Å². The zero-order chi connectivity index (χ0) is 14.5. The predicted octanol–water partition coefficient (Wildman–Crippen LogP) is 3.44. The van der Waals surface area contributed by atoms with Crippen molar-refractivity contribution >= 4 is 11.7 Å². The molecule has 0 atom stereocenters. The zero-order valence-corrected chi connectivity index (χ0v) is 10.9. The third kappa shape index (κ3) is 3.00. The molecule has 2 rings (SSSR count). The van der Waals surface area contributed by atoms with Gasteiger partial charge in [-0.2, -0.15) is 0 Å². The van der Waals surface area contributed by atoms with Crippen LogP contribution in [0.25, 0.3) is 11.1 Å². The molecule has 2 aromatic carbocycles. The molecule has 0 N–H and O–H groups in total. The Morgan fingerprint density at radius 3 is 2.45 bits per heavy atom. The van der Waals surface area contributed by atoms with Gasteiger partial charge in [0.15, 0.2) is 0 Å². The highest BCUT2D eigenvalue weighted by Crippen LogP contribution is 2.24. The number of nitro benzene ring substituents is 1. The van der Waals surface area contributed by atoms with Gasteiger partial charge in [0, 0.05) is 12.1 Å². The van der Waals surface area contributed by atoms with Crippen LogP contribution in [-0.2, 0) is 4.74 Å². The Kier molecular flexibility index (Phi) is 4.10. The van der Waals surface area contributed by atoms with Gasteiger partial charge >= 0.3 is 5.97 Å². The number of rotatable bonds is 4. The quantitative estimate of drug-likeness (QED) is 0.485. The molecule has 0 spiro atoms. The van der Waals surface area contributed by atoms with Crippen LogP contribution in [0.2, 0.25) is 0 Å². The van der Waals surface area contributed by atoms with Crippen LogP contribution in [0.1, 0.15) is 17.3 Å². The van der Waals surface area contributed by atoms with Gasteiger partial charge in [0.2, 0.25) is 0 Å². The maximum absolute atomic E-state index is 11.7. The van der Waals surface area contributed by atoms with Gasteiger partial charge in [0.25, 0.3) is 5.69 Å². The monoisotopic (exact) mass is 271 g/mol. The number of nitrogens with zero attached hydrogens (tertiary/aromatic N) is 1. The van der Waals surface area contributed by atoms with Gasteiger partial charge in [-0.05, 0) is 30.2 Å². The molecule has 0 saturated heterocycles. The Bertz CT molecular complexity index is 652. The summed E-state index contributed by atoms with van der Waals surface area (Å²) in [6.45, 7) is 2.04. The van der Waals surface area contributed by atoms with Gasteiger partial charge in [-0.25, -0.2) is 4.79 Å². The molecule has 0 aliphatic carbocycles. The number of hydrogen-bond acceptors (Lipinski definition) is 4. The summed E-state index contributed by atoms with van der Waals surface area (Å²) < 4.78 is 4.93. The fourth-order valence-corrected chi connectivity index (χ4v) is 1.84. The van der Waals surface area contributed by atoms with E-state index in [1.807, 2.05) is 0 Å². The van der Waals surface area contributed by atoms with E-state index < -0.39 is 10.9 Å². The molecule has 20 heavy (non-hydrogen) atoms. The Hall–Kier alpha value is -2.69. The van der Waals surface area contributed by atoms with Crippen LogP contribution in [0, 0.1) is 10.1 Å². The number of esters is 1. The van der Waals surface area contributed by atoms with Gasteiger partial charge in [0.1, 0.15) is 0 Å². The largest absolute Gasteiger partial charge is 0.462 e. The molecule has 2 aromatic rings. The van der Waals surface area contributed by atoms with Crippen molar-refractivity contribution in [3.05, 3.63) is 64.2 Å². The van der Waals surface area contributed by atoms with E-state index in [-0.39, 0.29) is 5.69 Å². The number of carbonyl (C=O) groups excluding carboxylic acids is 1. The summed E-state index contributed by atoms with van der Waals surface area (Å²) in [5.74, 6) is -0.403. The molecule has 0 fully saturated rings. The molecule has 0 unspecified atom stereocenters. The Morgan fingerprint density at radius 1 is 1.15 bits per heavy atom. The second kappa shape index (κ2) is 5.97.